The lowest BCUT2D eigenvalue weighted by Gasteiger charge is -2.26. The highest BCUT2D eigenvalue weighted by molar-refractivity contribution is 7.86. The molecular formula is C13H27N3O3S. The molecule has 0 aromatic heterocycles. The number of ether oxygens (including phenoxy) is 1. The largest absolute Gasteiger partial charge is 0.380 e. The first-order valence-corrected chi connectivity index (χ1v) is 9.09. The van der Waals surface area contributed by atoms with E-state index in [9.17, 15) is 8.42 Å². The van der Waals surface area contributed by atoms with Crippen LogP contribution in [0.5, 0.6) is 0 Å². The summed E-state index contributed by atoms with van der Waals surface area (Å²) < 4.78 is 33.7. The number of hydrogen-bond acceptors (Lipinski definition) is 4. The van der Waals surface area contributed by atoms with Gasteiger partial charge in [-0.05, 0) is 32.7 Å². The molecule has 0 radical (unpaired) electrons. The molecule has 0 spiro atoms. The third kappa shape index (κ3) is 4.14. The molecule has 2 rings (SSSR count). The van der Waals surface area contributed by atoms with Gasteiger partial charge in [0.2, 0.25) is 0 Å². The monoisotopic (exact) mass is 305 g/mol. The maximum Gasteiger partial charge on any atom is 0.282 e. The molecule has 2 heterocycles. The van der Waals surface area contributed by atoms with Crippen LogP contribution >= 0.6 is 0 Å². The molecule has 2 aliphatic heterocycles. The minimum absolute atomic E-state index is 0.602. The van der Waals surface area contributed by atoms with Gasteiger partial charge in [-0.25, -0.2) is 0 Å². The summed E-state index contributed by atoms with van der Waals surface area (Å²) in [6.07, 6.45) is 2.89. The van der Waals surface area contributed by atoms with Crippen LogP contribution in [0.4, 0.5) is 0 Å². The van der Waals surface area contributed by atoms with E-state index in [2.05, 4.69) is 4.90 Å². The average molecular weight is 305 g/mol. The lowest BCUT2D eigenvalue weighted by molar-refractivity contribution is 0.115. The molecule has 0 atom stereocenters. The Bertz CT molecular complexity index is 382. The molecule has 2 saturated heterocycles. The van der Waals surface area contributed by atoms with E-state index in [1.54, 1.807) is 8.61 Å². The predicted octanol–water partition coefficient (Wildman–Crippen LogP) is 0.371. The Kier molecular flexibility index (Phi) is 6.22. The zero-order chi connectivity index (χ0) is 14.4. The predicted molar refractivity (Wildman–Crippen MR) is 78.8 cm³/mol. The molecule has 118 valence electrons. The highest BCUT2D eigenvalue weighted by Crippen LogP contribution is 2.18. The molecule has 0 N–H and O–H groups in total. The lowest BCUT2D eigenvalue weighted by atomic mass is 10.4. The first-order chi connectivity index (χ1) is 9.64. The maximum atomic E-state index is 12.5. The molecule has 0 aliphatic carbocycles. The molecule has 0 aromatic carbocycles. The van der Waals surface area contributed by atoms with Crippen LogP contribution in [0.1, 0.15) is 26.2 Å². The van der Waals surface area contributed by atoms with Gasteiger partial charge in [0.1, 0.15) is 0 Å². The van der Waals surface area contributed by atoms with Crippen molar-refractivity contribution < 1.29 is 13.2 Å². The van der Waals surface area contributed by atoms with Crippen molar-refractivity contribution in [1.82, 2.24) is 13.5 Å². The second-order valence-electron chi connectivity index (χ2n) is 5.41. The smallest absolute Gasteiger partial charge is 0.282 e. The van der Waals surface area contributed by atoms with Gasteiger partial charge >= 0.3 is 0 Å². The molecule has 6 nitrogen and oxygen atoms in total. The van der Waals surface area contributed by atoms with Crippen molar-refractivity contribution in [2.24, 2.45) is 0 Å². The molecule has 2 fully saturated rings. The van der Waals surface area contributed by atoms with Gasteiger partial charge in [-0.1, -0.05) is 0 Å². The third-order valence-corrected chi connectivity index (χ3v) is 6.06. The van der Waals surface area contributed by atoms with E-state index in [0.717, 1.165) is 52.1 Å². The Morgan fingerprint density at radius 1 is 0.900 bits per heavy atom. The zero-order valence-electron chi connectivity index (χ0n) is 12.5. The summed E-state index contributed by atoms with van der Waals surface area (Å²) in [6, 6.07) is 0. The lowest BCUT2D eigenvalue weighted by Crippen LogP contribution is -2.44. The summed E-state index contributed by atoms with van der Waals surface area (Å²) in [7, 11) is -3.22. The third-order valence-electron chi connectivity index (χ3n) is 4.02. The summed E-state index contributed by atoms with van der Waals surface area (Å²) in [5, 5.41) is 0. The molecule has 2 aliphatic rings. The van der Waals surface area contributed by atoms with Crippen LogP contribution in [0, 0.1) is 0 Å². The summed E-state index contributed by atoms with van der Waals surface area (Å²) >= 11 is 0. The van der Waals surface area contributed by atoms with E-state index in [4.69, 9.17) is 4.74 Å². The van der Waals surface area contributed by atoms with Crippen LogP contribution < -0.4 is 0 Å². The minimum Gasteiger partial charge on any atom is -0.380 e. The summed E-state index contributed by atoms with van der Waals surface area (Å²) in [4.78, 5) is 2.30. The van der Waals surface area contributed by atoms with Gasteiger partial charge in [-0.2, -0.15) is 17.0 Å². The summed E-state index contributed by atoms with van der Waals surface area (Å²) in [6.45, 7) is 8.74. The van der Waals surface area contributed by atoms with Gasteiger partial charge in [0.15, 0.2) is 0 Å². The Morgan fingerprint density at radius 3 is 2.25 bits per heavy atom. The van der Waals surface area contributed by atoms with Crippen molar-refractivity contribution in [1.29, 1.82) is 0 Å². The highest BCUT2D eigenvalue weighted by atomic mass is 32.2. The van der Waals surface area contributed by atoms with E-state index in [1.165, 1.54) is 0 Å². The number of hydrogen-bond donors (Lipinski definition) is 0. The van der Waals surface area contributed by atoms with Crippen LogP contribution in [0.15, 0.2) is 0 Å². The van der Waals surface area contributed by atoms with Gasteiger partial charge in [-0.15, -0.1) is 0 Å². The fourth-order valence-electron chi connectivity index (χ4n) is 2.82. The highest BCUT2D eigenvalue weighted by Gasteiger charge is 2.32. The summed E-state index contributed by atoms with van der Waals surface area (Å²) in [5.74, 6) is 0. The van der Waals surface area contributed by atoms with E-state index in [1.807, 2.05) is 6.92 Å². The molecule has 0 saturated carbocycles. The SMILES string of the molecule is CCOCCN1CCCN(S(=O)(=O)N2CCCC2)CC1. The van der Waals surface area contributed by atoms with E-state index < -0.39 is 10.2 Å². The second-order valence-corrected chi connectivity index (χ2v) is 7.33. The molecular weight excluding hydrogens is 278 g/mol. The summed E-state index contributed by atoms with van der Waals surface area (Å²) in [5.41, 5.74) is 0. The van der Waals surface area contributed by atoms with Crippen LogP contribution in [-0.2, 0) is 14.9 Å². The fraction of sp³-hybridized carbons (Fsp3) is 1.00. The second kappa shape index (κ2) is 7.70. The van der Waals surface area contributed by atoms with E-state index in [-0.39, 0.29) is 0 Å². The quantitative estimate of drug-likeness (QED) is 0.666. The average Bonchev–Trinajstić information content (AvgIpc) is 2.87. The zero-order valence-corrected chi connectivity index (χ0v) is 13.3. The minimum atomic E-state index is -3.22. The van der Waals surface area contributed by atoms with Crippen LogP contribution in [-0.4, -0.2) is 81.0 Å². The Labute approximate surface area is 122 Å². The van der Waals surface area contributed by atoms with Crippen molar-refractivity contribution in [3.63, 3.8) is 0 Å². The molecule has 0 unspecified atom stereocenters. The molecule has 0 aromatic rings. The van der Waals surface area contributed by atoms with Crippen LogP contribution in [0.2, 0.25) is 0 Å². The van der Waals surface area contributed by atoms with Crippen molar-refractivity contribution >= 4 is 10.2 Å². The maximum absolute atomic E-state index is 12.5. The van der Waals surface area contributed by atoms with Crippen molar-refractivity contribution in [2.75, 3.05) is 59.0 Å². The first-order valence-electron chi connectivity index (χ1n) is 7.70. The Hall–Kier alpha value is -0.210. The molecule has 0 bridgehead atoms. The number of nitrogens with zero attached hydrogens (tertiary/aromatic N) is 3. The molecule has 7 heteroatoms. The van der Waals surface area contributed by atoms with Crippen molar-refractivity contribution in [2.45, 2.75) is 26.2 Å². The van der Waals surface area contributed by atoms with E-state index >= 15 is 0 Å². The number of rotatable bonds is 6. The fourth-order valence-corrected chi connectivity index (χ4v) is 4.54. The molecule has 0 amide bonds. The topological polar surface area (TPSA) is 53.1 Å². The van der Waals surface area contributed by atoms with Gasteiger partial charge in [0.05, 0.1) is 6.61 Å². The van der Waals surface area contributed by atoms with E-state index in [0.29, 0.717) is 26.2 Å². The van der Waals surface area contributed by atoms with Gasteiger partial charge in [0, 0.05) is 45.9 Å². The van der Waals surface area contributed by atoms with Gasteiger partial charge in [0.25, 0.3) is 10.2 Å². The van der Waals surface area contributed by atoms with Crippen LogP contribution in [0.3, 0.4) is 0 Å². The Balaban J connectivity index is 1.85. The van der Waals surface area contributed by atoms with Gasteiger partial charge < -0.3 is 4.74 Å². The van der Waals surface area contributed by atoms with Crippen molar-refractivity contribution in [3.8, 4) is 0 Å². The standard InChI is InChI=1S/C13H27N3O3S/c1-2-19-13-12-14-6-5-9-16(11-10-14)20(17,18)15-7-3-4-8-15/h2-13H2,1H3. The normalized spacial score (nSPS) is 24.1. The van der Waals surface area contributed by atoms with Crippen LogP contribution in [0.25, 0.3) is 0 Å². The van der Waals surface area contributed by atoms with Gasteiger partial charge in [-0.3, -0.25) is 4.90 Å². The molecule has 20 heavy (non-hydrogen) atoms. The first kappa shape index (κ1) is 16.2. The van der Waals surface area contributed by atoms with Crippen molar-refractivity contribution in [3.05, 3.63) is 0 Å². The Morgan fingerprint density at radius 2 is 1.55 bits per heavy atom.